The smallest absolute Gasteiger partial charge is 0.226 e. The molecule has 0 bridgehead atoms. The molecular formula is C21H36N4O2S. The van der Waals surface area contributed by atoms with Crippen LogP contribution in [0, 0.1) is 5.92 Å². The van der Waals surface area contributed by atoms with E-state index >= 15 is 0 Å². The molecular weight excluding hydrogens is 372 g/mol. The van der Waals surface area contributed by atoms with E-state index in [1.54, 1.807) is 0 Å². The molecule has 1 atom stereocenters. The summed E-state index contributed by atoms with van der Waals surface area (Å²) in [5.41, 5.74) is 1.03. The molecule has 1 unspecified atom stereocenters. The maximum absolute atomic E-state index is 12.3. The van der Waals surface area contributed by atoms with Crippen LogP contribution in [-0.4, -0.2) is 52.8 Å². The van der Waals surface area contributed by atoms with Crippen molar-refractivity contribution in [1.29, 1.82) is 0 Å². The molecule has 1 saturated heterocycles. The van der Waals surface area contributed by atoms with Crippen molar-refractivity contribution in [3.8, 4) is 0 Å². The molecule has 2 amide bonds. The summed E-state index contributed by atoms with van der Waals surface area (Å²) in [6, 6.07) is 0. The molecule has 1 aliphatic rings. The van der Waals surface area contributed by atoms with Gasteiger partial charge in [0.15, 0.2) is 5.13 Å². The Kier molecular flexibility index (Phi) is 9.92. The Bertz CT molecular complexity index is 613. The predicted molar refractivity (Wildman–Crippen MR) is 115 cm³/mol. The number of hydrogen-bond acceptors (Lipinski definition) is 5. The Hall–Kier alpha value is -1.47. The van der Waals surface area contributed by atoms with Crippen molar-refractivity contribution in [3.63, 3.8) is 0 Å². The minimum absolute atomic E-state index is 0.0576. The number of carbonyl (C=O) groups is 2. The number of piperidine rings is 1. The number of likely N-dealkylation sites (tertiary alicyclic amines) is 1. The minimum Gasteiger partial charge on any atom is -0.343 e. The number of amides is 2. The Balaban J connectivity index is 1.70. The van der Waals surface area contributed by atoms with Crippen LogP contribution in [-0.2, 0) is 16.1 Å². The molecule has 0 radical (unpaired) electrons. The van der Waals surface area contributed by atoms with Crippen LogP contribution in [0.25, 0.3) is 0 Å². The third-order valence-corrected chi connectivity index (χ3v) is 5.87. The van der Waals surface area contributed by atoms with E-state index in [0.29, 0.717) is 24.4 Å². The molecule has 0 saturated carbocycles. The molecule has 0 aliphatic carbocycles. The van der Waals surface area contributed by atoms with Crippen molar-refractivity contribution < 1.29 is 9.59 Å². The fourth-order valence-electron chi connectivity index (χ4n) is 3.74. The van der Waals surface area contributed by atoms with E-state index in [-0.39, 0.29) is 11.8 Å². The highest BCUT2D eigenvalue weighted by Gasteiger charge is 2.18. The first-order valence-electron chi connectivity index (χ1n) is 10.8. The van der Waals surface area contributed by atoms with Gasteiger partial charge in [-0.05, 0) is 44.6 Å². The van der Waals surface area contributed by atoms with Crippen LogP contribution in [0.1, 0.15) is 71.4 Å². The number of nitrogens with zero attached hydrogens (tertiary/aromatic N) is 3. The SMILES string of the molecule is CCCN(CCC)C(=O)CCCC(=O)Nc1nc(CN2CCCC(C)C2)cs1. The van der Waals surface area contributed by atoms with Gasteiger partial charge in [-0.15, -0.1) is 11.3 Å². The Morgan fingerprint density at radius 2 is 2.04 bits per heavy atom. The highest BCUT2D eigenvalue weighted by molar-refractivity contribution is 7.13. The number of thiazole rings is 1. The molecule has 28 heavy (non-hydrogen) atoms. The lowest BCUT2D eigenvalue weighted by molar-refractivity contribution is -0.131. The lowest BCUT2D eigenvalue weighted by Crippen LogP contribution is -2.33. The molecule has 2 heterocycles. The highest BCUT2D eigenvalue weighted by Crippen LogP contribution is 2.21. The summed E-state index contributed by atoms with van der Waals surface area (Å²) in [4.78, 5) is 33.3. The zero-order chi connectivity index (χ0) is 20.4. The first kappa shape index (κ1) is 22.8. The summed E-state index contributed by atoms with van der Waals surface area (Å²) < 4.78 is 0. The first-order chi connectivity index (χ1) is 13.5. The predicted octanol–water partition coefficient (Wildman–Crippen LogP) is 4.13. The molecule has 6 nitrogen and oxygen atoms in total. The van der Waals surface area contributed by atoms with Gasteiger partial charge >= 0.3 is 0 Å². The summed E-state index contributed by atoms with van der Waals surface area (Å²) in [7, 11) is 0. The maximum atomic E-state index is 12.3. The summed E-state index contributed by atoms with van der Waals surface area (Å²) in [6.45, 7) is 11.2. The third kappa shape index (κ3) is 7.87. The van der Waals surface area contributed by atoms with E-state index in [0.717, 1.165) is 57.2 Å². The van der Waals surface area contributed by atoms with E-state index in [4.69, 9.17) is 0 Å². The third-order valence-electron chi connectivity index (χ3n) is 5.06. The van der Waals surface area contributed by atoms with Gasteiger partial charge in [0, 0.05) is 44.4 Å². The fourth-order valence-corrected chi connectivity index (χ4v) is 4.46. The van der Waals surface area contributed by atoms with Crippen LogP contribution in [0.3, 0.4) is 0 Å². The van der Waals surface area contributed by atoms with E-state index < -0.39 is 0 Å². The second-order valence-electron chi connectivity index (χ2n) is 7.91. The average Bonchev–Trinajstić information content (AvgIpc) is 3.08. The number of hydrogen-bond donors (Lipinski definition) is 1. The van der Waals surface area contributed by atoms with Crippen LogP contribution in [0.5, 0.6) is 0 Å². The molecule has 0 spiro atoms. The summed E-state index contributed by atoms with van der Waals surface area (Å²) in [5, 5.41) is 5.58. The minimum atomic E-state index is -0.0576. The van der Waals surface area contributed by atoms with Gasteiger partial charge in [-0.1, -0.05) is 20.8 Å². The molecule has 0 aromatic carbocycles. The largest absolute Gasteiger partial charge is 0.343 e. The Morgan fingerprint density at radius 3 is 2.71 bits per heavy atom. The lowest BCUT2D eigenvalue weighted by Gasteiger charge is -2.30. The van der Waals surface area contributed by atoms with Crippen LogP contribution < -0.4 is 5.32 Å². The molecule has 1 aliphatic heterocycles. The Labute approximate surface area is 173 Å². The lowest BCUT2D eigenvalue weighted by atomic mass is 10.0. The van der Waals surface area contributed by atoms with E-state index in [2.05, 4.69) is 36.0 Å². The van der Waals surface area contributed by atoms with Gasteiger partial charge in [-0.2, -0.15) is 0 Å². The van der Waals surface area contributed by atoms with Crippen LogP contribution in [0.2, 0.25) is 0 Å². The normalized spacial score (nSPS) is 17.5. The van der Waals surface area contributed by atoms with Crippen LogP contribution in [0.4, 0.5) is 5.13 Å². The summed E-state index contributed by atoms with van der Waals surface area (Å²) >= 11 is 1.48. The van der Waals surface area contributed by atoms with E-state index in [1.807, 2.05) is 10.3 Å². The van der Waals surface area contributed by atoms with Crippen molar-refractivity contribution in [2.24, 2.45) is 5.92 Å². The number of aromatic nitrogens is 1. The van der Waals surface area contributed by atoms with Crippen molar-refractivity contribution in [3.05, 3.63) is 11.1 Å². The number of rotatable bonds is 11. The molecule has 1 aromatic rings. The summed E-state index contributed by atoms with van der Waals surface area (Å²) in [5.74, 6) is 0.849. The molecule has 7 heteroatoms. The van der Waals surface area contributed by atoms with Gasteiger partial charge < -0.3 is 10.2 Å². The number of nitrogens with one attached hydrogen (secondary N) is 1. The van der Waals surface area contributed by atoms with Crippen molar-refractivity contribution in [2.45, 2.75) is 72.3 Å². The molecule has 1 N–H and O–H groups in total. The zero-order valence-corrected chi connectivity index (χ0v) is 18.5. The standard InChI is InChI=1S/C21H36N4O2S/c1-4-11-25(12-5-2)20(27)10-6-9-19(26)23-21-22-18(16-28-21)15-24-13-7-8-17(3)14-24/h16-17H,4-15H2,1-3H3,(H,22,23,26). The van der Waals surface area contributed by atoms with Gasteiger partial charge in [-0.25, -0.2) is 4.98 Å². The van der Waals surface area contributed by atoms with Crippen molar-refractivity contribution in [2.75, 3.05) is 31.5 Å². The van der Waals surface area contributed by atoms with Crippen molar-refractivity contribution in [1.82, 2.24) is 14.8 Å². The van der Waals surface area contributed by atoms with Gasteiger partial charge in [0.05, 0.1) is 5.69 Å². The van der Waals surface area contributed by atoms with Crippen LogP contribution >= 0.6 is 11.3 Å². The van der Waals surface area contributed by atoms with Crippen LogP contribution in [0.15, 0.2) is 5.38 Å². The van der Waals surface area contributed by atoms with Gasteiger partial charge in [0.25, 0.3) is 0 Å². The summed E-state index contributed by atoms with van der Waals surface area (Å²) in [6.07, 6.45) is 5.87. The maximum Gasteiger partial charge on any atom is 0.226 e. The first-order valence-corrected chi connectivity index (χ1v) is 11.6. The average molecular weight is 409 g/mol. The molecule has 1 fully saturated rings. The highest BCUT2D eigenvalue weighted by atomic mass is 32.1. The fraction of sp³-hybridized carbons (Fsp3) is 0.762. The van der Waals surface area contributed by atoms with Gasteiger partial charge in [0.2, 0.25) is 11.8 Å². The molecule has 1 aromatic heterocycles. The second-order valence-corrected chi connectivity index (χ2v) is 8.77. The topological polar surface area (TPSA) is 65.5 Å². The monoisotopic (exact) mass is 408 g/mol. The zero-order valence-electron chi connectivity index (χ0n) is 17.7. The molecule has 2 rings (SSSR count). The quantitative estimate of drug-likeness (QED) is 0.598. The second kappa shape index (κ2) is 12.2. The van der Waals surface area contributed by atoms with Gasteiger partial charge in [0.1, 0.15) is 0 Å². The Morgan fingerprint density at radius 1 is 1.29 bits per heavy atom. The van der Waals surface area contributed by atoms with E-state index in [1.165, 1.54) is 24.2 Å². The number of carbonyl (C=O) groups excluding carboxylic acids is 2. The van der Waals surface area contributed by atoms with Crippen molar-refractivity contribution >= 4 is 28.3 Å². The van der Waals surface area contributed by atoms with Gasteiger partial charge in [-0.3, -0.25) is 14.5 Å². The number of anilines is 1. The van der Waals surface area contributed by atoms with E-state index in [9.17, 15) is 9.59 Å². The molecule has 158 valence electrons.